The van der Waals surface area contributed by atoms with Gasteiger partial charge in [-0.25, -0.2) is 12.7 Å². The molecule has 0 bridgehead atoms. The number of benzene rings is 2. The number of rotatable bonds is 5. The molecule has 0 saturated carbocycles. The zero-order chi connectivity index (χ0) is 20.3. The number of nitrogens with zero attached hydrogens (tertiary/aromatic N) is 1. The molecule has 0 spiro atoms. The lowest BCUT2D eigenvalue weighted by Gasteiger charge is -2.22. The van der Waals surface area contributed by atoms with Crippen molar-refractivity contribution in [1.82, 2.24) is 9.62 Å². The van der Waals surface area contributed by atoms with E-state index in [1.54, 1.807) is 24.3 Å². The summed E-state index contributed by atoms with van der Waals surface area (Å²) < 4.78 is 36.9. The Balaban J connectivity index is 1.67. The number of anilines is 1. The largest absolute Gasteiger partial charge is 0.486 e. The molecule has 7 nitrogen and oxygen atoms in total. The van der Waals surface area contributed by atoms with Gasteiger partial charge in [0.1, 0.15) is 13.2 Å². The third kappa shape index (κ3) is 4.54. The Kier molecular flexibility index (Phi) is 6.07. The molecule has 0 aliphatic carbocycles. The van der Waals surface area contributed by atoms with Gasteiger partial charge in [0.05, 0.1) is 10.9 Å². The molecule has 1 atom stereocenters. The van der Waals surface area contributed by atoms with Crippen LogP contribution in [0.25, 0.3) is 0 Å². The molecule has 0 saturated heterocycles. The molecule has 150 valence electrons. The molecule has 1 aliphatic rings. The highest BCUT2D eigenvalue weighted by molar-refractivity contribution is 7.89. The minimum Gasteiger partial charge on any atom is -0.486 e. The van der Waals surface area contributed by atoms with Gasteiger partial charge in [0.15, 0.2) is 16.6 Å². The van der Waals surface area contributed by atoms with Crippen molar-refractivity contribution < 1.29 is 17.9 Å². The first-order valence-corrected chi connectivity index (χ1v) is 10.6. The van der Waals surface area contributed by atoms with Crippen LogP contribution < -0.4 is 20.1 Å². The van der Waals surface area contributed by atoms with Gasteiger partial charge in [-0.1, -0.05) is 12.1 Å². The summed E-state index contributed by atoms with van der Waals surface area (Å²) in [6, 6.07) is 12.2. The molecule has 2 N–H and O–H groups in total. The number of ether oxygens (including phenoxy) is 2. The summed E-state index contributed by atoms with van der Waals surface area (Å²) in [6.07, 6.45) is 0. The summed E-state index contributed by atoms with van der Waals surface area (Å²) in [7, 11) is -0.513. The molecule has 0 amide bonds. The second kappa shape index (κ2) is 8.34. The summed E-state index contributed by atoms with van der Waals surface area (Å²) in [6.45, 7) is 3.06. The lowest BCUT2D eigenvalue weighted by molar-refractivity contribution is 0.171. The maximum Gasteiger partial charge on any atom is 0.242 e. The topological polar surface area (TPSA) is 79.9 Å². The number of fused-ring (bicyclic) bond motifs is 1. The lowest BCUT2D eigenvalue weighted by atomic mass is 10.1. The van der Waals surface area contributed by atoms with E-state index in [1.165, 1.54) is 18.4 Å². The highest BCUT2D eigenvalue weighted by atomic mass is 32.2. The van der Waals surface area contributed by atoms with Crippen LogP contribution in [0.1, 0.15) is 18.5 Å². The minimum absolute atomic E-state index is 0.0792. The smallest absolute Gasteiger partial charge is 0.242 e. The van der Waals surface area contributed by atoms with Crippen LogP contribution in [0, 0.1) is 0 Å². The summed E-state index contributed by atoms with van der Waals surface area (Å²) in [4.78, 5) is 0.199. The van der Waals surface area contributed by atoms with Crippen molar-refractivity contribution in [3.63, 3.8) is 0 Å². The van der Waals surface area contributed by atoms with Gasteiger partial charge >= 0.3 is 0 Å². The SMILES string of the molecule is C[C@@H](NC(=S)Nc1cccc(S(=O)(=O)N(C)C)c1)c1ccc2c(c1)OCCO2. The van der Waals surface area contributed by atoms with Crippen molar-refractivity contribution in [2.24, 2.45) is 0 Å². The molecule has 9 heteroatoms. The summed E-state index contributed by atoms with van der Waals surface area (Å²) >= 11 is 5.38. The van der Waals surface area contributed by atoms with Crippen molar-refractivity contribution in [1.29, 1.82) is 0 Å². The normalized spacial score (nSPS) is 14.4. The number of sulfonamides is 1. The Bertz CT molecular complexity index is 977. The Morgan fingerprint density at radius 1 is 1.11 bits per heavy atom. The predicted octanol–water partition coefficient (Wildman–Crippen LogP) is 2.76. The van der Waals surface area contributed by atoms with Gasteiger partial charge in [-0.05, 0) is 55.0 Å². The monoisotopic (exact) mass is 421 g/mol. The summed E-state index contributed by atoms with van der Waals surface area (Å²) in [5.74, 6) is 1.46. The molecule has 0 unspecified atom stereocenters. The van der Waals surface area contributed by atoms with Gasteiger partial charge in [0, 0.05) is 19.8 Å². The molecule has 0 fully saturated rings. The molecule has 1 aliphatic heterocycles. The number of thiocarbonyl (C=S) groups is 1. The van der Waals surface area contributed by atoms with Crippen LogP contribution in [0.15, 0.2) is 47.4 Å². The van der Waals surface area contributed by atoms with Crippen molar-refractivity contribution in [2.75, 3.05) is 32.6 Å². The highest BCUT2D eigenvalue weighted by Crippen LogP contribution is 2.32. The van der Waals surface area contributed by atoms with Crippen molar-refractivity contribution >= 4 is 33.0 Å². The molecule has 2 aromatic carbocycles. The van der Waals surface area contributed by atoms with E-state index in [1.807, 2.05) is 25.1 Å². The number of hydrogen-bond donors (Lipinski definition) is 2. The van der Waals surface area contributed by atoms with Gasteiger partial charge < -0.3 is 20.1 Å². The van der Waals surface area contributed by atoms with Crippen LogP contribution in [0.4, 0.5) is 5.69 Å². The maximum atomic E-state index is 12.3. The molecule has 1 heterocycles. The molecule has 0 radical (unpaired) electrons. The van der Waals surface area contributed by atoms with Gasteiger partial charge in [-0.15, -0.1) is 0 Å². The first-order chi connectivity index (χ1) is 13.3. The van der Waals surface area contributed by atoms with Crippen molar-refractivity contribution in [3.8, 4) is 11.5 Å². The zero-order valence-electron chi connectivity index (χ0n) is 15.9. The second-order valence-electron chi connectivity index (χ2n) is 6.54. The first-order valence-electron chi connectivity index (χ1n) is 8.77. The van der Waals surface area contributed by atoms with E-state index < -0.39 is 10.0 Å². The lowest BCUT2D eigenvalue weighted by Crippen LogP contribution is -2.31. The second-order valence-corrected chi connectivity index (χ2v) is 9.10. The van der Waals surface area contributed by atoms with Crippen LogP contribution in [0.5, 0.6) is 11.5 Å². The van der Waals surface area contributed by atoms with E-state index in [-0.39, 0.29) is 10.9 Å². The van der Waals surface area contributed by atoms with E-state index in [2.05, 4.69) is 10.6 Å². The highest BCUT2D eigenvalue weighted by Gasteiger charge is 2.18. The van der Waals surface area contributed by atoms with Gasteiger partial charge in [0.25, 0.3) is 0 Å². The van der Waals surface area contributed by atoms with Crippen LogP contribution in [0.2, 0.25) is 0 Å². The Hall–Kier alpha value is -2.36. The number of nitrogens with one attached hydrogen (secondary N) is 2. The fraction of sp³-hybridized carbons (Fsp3) is 0.316. The third-order valence-corrected chi connectivity index (χ3v) is 6.32. The van der Waals surface area contributed by atoms with Crippen LogP contribution >= 0.6 is 12.2 Å². The average molecular weight is 422 g/mol. The standard InChI is InChI=1S/C19H23N3O4S2/c1-13(14-7-8-17-18(11-14)26-10-9-25-17)20-19(27)21-15-5-4-6-16(12-15)28(23,24)22(2)3/h4-8,11-13H,9-10H2,1-3H3,(H2,20,21,27)/t13-/m1/s1. The van der Waals surface area contributed by atoms with E-state index in [4.69, 9.17) is 21.7 Å². The quantitative estimate of drug-likeness (QED) is 0.719. The number of hydrogen-bond acceptors (Lipinski definition) is 5. The fourth-order valence-electron chi connectivity index (χ4n) is 2.72. The van der Waals surface area contributed by atoms with E-state index in [9.17, 15) is 8.42 Å². The van der Waals surface area contributed by atoms with Gasteiger partial charge in [-0.2, -0.15) is 0 Å². The molecule has 3 rings (SSSR count). The van der Waals surface area contributed by atoms with E-state index >= 15 is 0 Å². The Morgan fingerprint density at radius 2 is 1.82 bits per heavy atom. The molecule has 28 heavy (non-hydrogen) atoms. The average Bonchev–Trinajstić information content (AvgIpc) is 2.67. The maximum absolute atomic E-state index is 12.3. The Morgan fingerprint density at radius 3 is 2.54 bits per heavy atom. The molecule has 2 aromatic rings. The summed E-state index contributed by atoms with van der Waals surface area (Å²) in [5, 5.41) is 6.62. The van der Waals surface area contributed by atoms with Gasteiger partial charge in [0.2, 0.25) is 10.0 Å². The van der Waals surface area contributed by atoms with Crippen LogP contribution in [-0.4, -0.2) is 45.1 Å². The molecular weight excluding hydrogens is 398 g/mol. The minimum atomic E-state index is -3.51. The van der Waals surface area contributed by atoms with E-state index in [0.29, 0.717) is 24.0 Å². The molecular formula is C19H23N3O4S2. The third-order valence-electron chi connectivity index (χ3n) is 4.28. The first kappa shape index (κ1) is 20.4. The van der Waals surface area contributed by atoms with Crippen LogP contribution in [-0.2, 0) is 10.0 Å². The zero-order valence-corrected chi connectivity index (χ0v) is 17.6. The predicted molar refractivity (Wildman–Crippen MR) is 113 cm³/mol. The van der Waals surface area contributed by atoms with Crippen molar-refractivity contribution in [2.45, 2.75) is 17.9 Å². The van der Waals surface area contributed by atoms with Crippen LogP contribution in [0.3, 0.4) is 0 Å². The van der Waals surface area contributed by atoms with Crippen molar-refractivity contribution in [3.05, 3.63) is 48.0 Å². The Labute approximate surface area is 170 Å². The van der Waals surface area contributed by atoms with E-state index in [0.717, 1.165) is 17.1 Å². The fourth-order valence-corrected chi connectivity index (χ4v) is 3.96. The van der Waals surface area contributed by atoms with Gasteiger partial charge in [-0.3, -0.25) is 0 Å². The molecule has 0 aromatic heterocycles. The summed E-state index contributed by atoms with van der Waals surface area (Å²) in [5.41, 5.74) is 1.59.